The van der Waals surface area contributed by atoms with Crippen molar-refractivity contribution >= 4 is 7.82 Å². The van der Waals surface area contributed by atoms with Gasteiger partial charge in [-0.3, -0.25) is 4.52 Å². The van der Waals surface area contributed by atoms with Crippen molar-refractivity contribution in [3.8, 4) is 11.5 Å². The highest BCUT2D eigenvalue weighted by molar-refractivity contribution is 7.49. The second-order valence-corrected chi connectivity index (χ2v) is 20.4. The molecule has 4 bridgehead atoms. The van der Waals surface area contributed by atoms with Crippen LogP contribution in [-0.4, -0.2) is 53.7 Å². The molecule has 3 unspecified atom stereocenters. The van der Waals surface area contributed by atoms with Gasteiger partial charge in [-0.25, -0.2) is 24.1 Å². The quantitative estimate of drug-likeness (QED) is 0.177. The average Bonchev–Trinajstić information content (AvgIpc) is 3.57. The van der Waals surface area contributed by atoms with E-state index in [-0.39, 0.29) is 41.6 Å². The molecule has 2 aliphatic carbocycles. The van der Waals surface area contributed by atoms with Gasteiger partial charge in [0.25, 0.3) is 0 Å². The number of phosphoric acid groups is 1. The molecule has 0 aromatic heterocycles. The number of hydrogen-bond acceptors (Lipinski definition) is 12. The standard InChI is InChI=1S/C44H59O12P/c1-26-17-19-34-28(3)36(46-39-43(34)32(26)21-23-41(5,48-39)53-55-43)25-37(52-57(45,50-30-13-9-7-10-14-30)51-31-15-11-8-12-16-31)38-29(4)35-20-18-27(2)33-22-24-42(6)49-40(47-38)44(33,35)56-54-42/h7-16,26-29,32-40H,17-25H2,1-6H3/t26-,27-,28-,29-,32+,33+,34+,35+,36-,37+,38?,39-,40-,41+,42+,43?,44?/m1/s1. The first kappa shape index (κ1) is 39.1. The van der Waals surface area contributed by atoms with Crippen LogP contribution < -0.4 is 9.05 Å². The fourth-order valence-electron chi connectivity index (χ4n) is 12.5. The third-order valence-electron chi connectivity index (χ3n) is 15.5. The predicted molar refractivity (Wildman–Crippen MR) is 205 cm³/mol. The highest BCUT2D eigenvalue weighted by atomic mass is 31.2. The number of hydrogen-bond donors (Lipinski definition) is 0. The molecule has 10 fully saturated rings. The number of ether oxygens (including phenoxy) is 4. The molecule has 13 heteroatoms. The van der Waals surface area contributed by atoms with Gasteiger partial charge in [0.05, 0.1) is 12.2 Å². The van der Waals surface area contributed by atoms with Gasteiger partial charge in [-0.1, -0.05) is 64.1 Å². The average molecular weight is 811 g/mol. The first-order valence-electron chi connectivity index (χ1n) is 21.5. The Bertz CT molecular complexity index is 1770. The maximum atomic E-state index is 15.3. The van der Waals surface area contributed by atoms with Crippen LogP contribution in [0.2, 0.25) is 0 Å². The topological polar surface area (TPSA) is 119 Å². The molecule has 2 aromatic carbocycles. The molecule has 0 N–H and O–H groups in total. The third kappa shape index (κ3) is 6.38. The first-order chi connectivity index (χ1) is 27.3. The van der Waals surface area contributed by atoms with Crippen molar-refractivity contribution in [1.82, 2.24) is 0 Å². The number of phosphoric ester groups is 1. The van der Waals surface area contributed by atoms with Crippen LogP contribution in [0.5, 0.6) is 11.5 Å². The molecule has 8 saturated heterocycles. The fraction of sp³-hybridized carbons (Fsp3) is 0.727. The van der Waals surface area contributed by atoms with Gasteiger partial charge >= 0.3 is 7.82 Å². The summed E-state index contributed by atoms with van der Waals surface area (Å²) < 4.78 is 62.7. The number of fused-ring (bicyclic) bond motifs is 4. The molecule has 2 aromatic rings. The Morgan fingerprint density at radius 1 is 0.632 bits per heavy atom. The Morgan fingerprint density at radius 2 is 1.12 bits per heavy atom. The molecule has 8 aliphatic heterocycles. The molecular weight excluding hydrogens is 751 g/mol. The van der Waals surface area contributed by atoms with Gasteiger partial charge in [-0.2, -0.15) is 0 Å². The molecule has 57 heavy (non-hydrogen) atoms. The van der Waals surface area contributed by atoms with E-state index in [1.165, 1.54) is 0 Å². The van der Waals surface area contributed by atoms with Crippen LogP contribution in [0.4, 0.5) is 0 Å². The lowest BCUT2D eigenvalue weighted by Gasteiger charge is -2.62. The largest absolute Gasteiger partial charge is 0.587 e. The van der Waals surface area contributed by atoms with Crippen molar-refractivity contribution < 1.29 is 56.6 Å². The van der Waals surface area contributed by atoms with E-state index in [4.69, 9.17) is 52.1 Å². The van der Waals surface area contributed by atoms with Crippen LogP contribution in [0.3, 0.4) is 0 Å². The van der Waals surface area contributed by atoms with Crippen LogP contribution in [-0.2, 0) is 47.6 Å². The van der Waals surface area contributed by atoms with Crippen LogP contribution in [0.15, 0.2) is 60.7 Å². The molecule has 0 amide bonds. The predicted octanol–water partition coefficient (Wildman–Crippen LogP) is 9.53. The van der Waals surface area contributed by atoms with Gasteiger partial charge in [0, 0.05) is 31.1 Å². The summed E-state index contributed by atoms with van der Waals surface area (Å²) >= 11 is 0. The maximum absolute atomic E-state index is 15.3. The summed E-state index contributed by atoms with van der Waals surface area (Å²) in [5, 5.41) is 0. The Kier molecular flexibility index (Phi) is 9.77. The minimum atomic E-state index is -4.41. The van der Waals surface area contributed by atoms with Crippen LogP contribution in [0.1, 0.15) is 99.3 Å². The van der Waals surface area contributed by atoms with Crippen LogP contribution in [0.25, 0.3) is 0 Å². The zero-order chi connectivity index (χ0) is 39.4. The summed E-state index contributed by atoms with van der Waals surface area (Å²) in [6.45, 7) is 12.9. The molecule has 2 saturated carbocycles. The summed E-state index contributed by atoms with van der Waals surface area (Å²) in [6, 6.07) is 18.0. The van der Waals surface area contributed by atoms with Crippen molar-refractivity contribution in [2.75, 3.05) is 0 Å². The van der Waals surface area contributed by atoms with E-state index >= 15 is 4.57 Å². The van der Waals surface area contributed by atoms with E-state index < -0.39 is 55.4 Å². The number of rotatable bonds is 9. The third-order valence-corrected chi connectivity index (χ3v) is 16.9. The number of para-hydroxylation sites is 2. The van der Waals surface area contributed by atoms with Gasteiger partial charge in [0.1, 0.15) is 17.6 Å². The monoisotopic (exact) mass is 810 g/mol. The second kappa shape index (κ2) is 14.3. The van der Waals surface area contributed by atoms with Crippen molar-refractivity contribution in [3.63, 3.8) is 0 Å². The van der Waals surface area contributed by atoms with E-state index in [1.807, 2.05) is 50.2 Å². The summed E-state index contributed by atoms with van der Waals surface area (Å²) in [6.07, 6.45) is 4.38. The molecule has 312 valence electrons. The molecule has 12 nitrogen and oxygen atoms in total. The van der Waals surface area contributed by atoms with Gasteiger partial charge in [0.2, 0.25) is 11.6 Å². The Hall–Kier alpha value is -2.09. The van der Waals surface area contributed by atoms with Crippen molar-refractivity contribution in [2.24, 2.45) is 47.3 Å². The lowest BCUT2D eigenvalue weighted by Crippen LogP contribution is -2.72. The smallest absolute Gasteiger partial charge is 0.395 e. The Labute approximate surface area is 336 Å². The Morgan fingerprint density at radius 3 is 1.65 bits per heavy atom. The summed E-state index contributed by atoms with van der Waals surface area (Å²) in [5.74, 6) is 0.0967. The normalized spacial score (nSPS) is 47.8. The highest BCUT2D eigenvalue weighted by Crippen LogP contribution is 2.64. The zero-order valence-electron chi connectivity index (χ0n) is 34.0. The van der Waals surface area contributed by atoms with Gasteiger partial charge in [0.15, 0.2) is 23.8 Å². The van der Waals surface area contributed by atoms with E-state index in [1.54, 1.807) is 24.3 Å². The van der Waals surface area contributed by atoms with Crippen molar-refractivity contribution in [2.45, 2.75) is 153 Å². The molecular formula is C44H59O12P. The van der Waals surface area contributed by atoms with E-state index in [0.29, 0.717) is 36.2 Å². The molecule has 0 radical (unpaired) electrons. The maximum Gasteiger partial charge on any atom is 0.587 e. The molecule has 8 heterocycles. The lowest BCUT2D eigenvalue weighted by atomic mass is 9.56. The second-order valence-electron chi connectivity index (χ2n) is 18.9. The summed E-state index contributed by atoms with van der Waals surface area (Å²) in [4.78, 5) is 25.3. The SMILES string of the molecule is C[C@H]1[C@@H](C[C@H](OP(=O)(Oc2ccccc2)Oc2ccccc2)C2O[C@@H]3O[C@]4(C)CC[C@H]5[C@H](C)CC[C@@H]([C@H]2C)C35OO4)O[C@@H]2O[C@]3(C)CC[C@H]4[C@H](C)CC[C@@H]1C24OO3. The van der Waals surface area contributed by atoms with Crippen molar-refractivity contribution in [3.05, 3.63) is 60.7 Å². The molecule has 2 spiro atoms. The van der Waals surface area contributed by atoms with Gasteiger partial charge in [-0.05, 0) is 112 Å². The Balaban J connectivity index is 1.04. The van der Waals surface area contributed by atoms with Gasteiger partial charge in [-0.15, -0.1) is 0 Å². The van der Waals surface area contributed by atoms with E-state index in [2.05, 4.69) is 27.7 Å². The highest BCUT2D eigenvalue weighted by Gasteiger charge is 2.72. The minimum Gasteiger partial charge on any atom is -0.395 e. The van der Waals surface area contributed by atoms with E-state index in [9.17, 15) is 0 Å². The fourth-order valence-corrected chi connectivity index (χ4v) is 13.9. The van der Waals surface area contributed by atoms with Crippen molar-refractivity contribution in [1.29, 1.82) is 0 Å². The molecule has 17 atom stereocenters. The zero-order valence-corrected chi connectivity index (χ0v) is 34.9. The summed E-state index contributed by atoms with van der Waals surface area (Å²) in [5.41, 5.74) is -1.51. The summed E-state index contributed by atoms with van der Waals surface area (Å²) in [7, 11) is -4.41. The molecule has 12 rings (SSSR count). The van der Waals surface area contributed by atoms with Gasteiger partial charge < -0.3 is 28.0 Å². The minimum absolute atomic E-state index is 0.00686. The first-order valence-corrected chi connectivity index (χ1v) is 23.0. The van der Waals surface area contributed by atoms with E-state index in [0.717, 1.165) is 44.9 Å². The van der Waals surface area contributed by atoms with Crippen LogP contribution >= 0.6 is 7.82 Å². The lowest BCUT2D eigenvalue weighted by molar-refractivity contribution is -0.573. The molecule has 10 aliphatic rings. The van der Waals surface area contributed by atoms with Crippen LogP contribution in [0, 0.1) is 47.3 Å². The number of benzene rings is 2.